The zero-order chi connectivity index (χ0) is 15.4. The van der Waals surface area contributed by atoms with E-state index in [9.17, 15) is 14.9 Å². The third-order valence-corrected chi connectivity index (χ3v) is 3.36. The van der Waals surface area contributed by atoms with Gasteiger partial charge in [-0.05, 0) is 30.2 Å². The van der Waals surface area contributed by atoms with Crippen LogP contribution in [0.2, 0.25) is 0 Å². The Morgan fingerprint density at radius 2 is 2.00 bits per heavy atom. The SMILES string of the molecule is Cc1cc([N+](=O)[O-])ccc1C(=O)Nc1ccccc1CCl. The number of carbonyl (C=O) groups is 1. The van der Waals surface area contributed by atoms with Gasteiger partial charge in [-0.2, -0.15) is 0 Å². The van der Waals surface area contributed by atoms with Crippen LogP contribution in [0.1, 0.15) is 21.5 Å². The van der Waals surface area contributed by atoms with Gasteiger partial charge in [0.15, 0.2) is 0 Å². The molecule has 21 heavy (non-hydrogen) atoms. The lowest BCUT2D eigenvalue weighted by molar-refractivity contribution is -0.384. The van der Waals surface area contributed by atoms with E-state index in [2.05, 4.69) is 5.32 Å². The molecular formula is C15H13ClN2O3. The maximum Gasteiger partial charge on any atom is 0.269 e. The normalized spacial score (nSPS) is 10.2. The highest BCUT2D eigenvalue weighted by atomic mass is 35.5. The molecule has 0 saturated heterocycles. The van der Waals surface area contributed by atoms with Crippen molar-refractivity contribution in [2.75, 3.05) is 5.32 Å². The topological polar surface area (TPSA) is 72.2 Å². The van der Waals surface area contributed by atoms with Crippen LogP contribution in [-0.4, -0.2) is 10.8 Å². The lowest BCUT2D eigenvalue weighted by Crippen LogP contribution is -2.14. The molecule has 0 bridgehead atoms. The van der Waals surface area contributed by atoms with Gasteiger partial charge in [-0.3, -0.25) is 14.9 Å². The van der Waals surface area contributed by atoms with Gasteiger partial charge in [0.2, 0.25) is 0 Å². The minimum absolute atomic E-state index is 0.0368. The number of nitrogens with one attached hydrogen (secondary N) is 1. The first-order valence-corrected chi connectivity index (χ1v) is 6.76. The van der Waals surface area contributed by atoms with Gasteiger partial charge in [0.05, 0.1) is 4.92 Å². The minimum Gasteiger partial charge on any atom is -0.322 e. The first-order chi connectivity index (χ1) is 10.0. The second-order valence-electron chi connectivity index (χ2n) is 4.50. The Hall–Kier alpha value is -2.40. The van der Waals surface area contributed by atoms with Crippen LogP contribution in [0.4, 0.5) is 11.4 Å². The van der Waals surface area contributed by atoms with Crippen molar-refractivity contribution in [2.24, 2.45) is 0 Å². The number of alkyl halides is 1. The van der Waals surface area contributed by atoms with Crippen molar-refractivity contribution in [3.05, 3.63) is 69.3 Å². The van der Waals surface area contributed by atoms with Crippen LogP contribution in [0.15, 0.2) is 42.5 Å². The lowest BCUT2D eigenvalue weighted by atomic mass is 10.1. The molecule has 6 heteroatoms. The molecule has 2 rings (SSSR count). The zero-order valence-electron chi connectivity index (χ0n) is 11.3. The fourth-order valence-corrected chi connectivity index (χ4v) is 2.20. The Balaban J connectivity index is 2.26. The third kappa shape index (κ3) is 3.38. The Kier molecular flexibility index (Phi) is 4.55. The summed E-state index contributed by atoms with van der Waals surface area (Å²) < 4.78 is 0. The molecule has 0 atom stereocenters. The maximum absolute atomic E-state index is 12.3. The molecule has 0 saturated carbocycles. The molecule has 0 fully saturated rings. The van der Waals surface area contributed by atoms with E-state index in [4.69, 9.17) is 11.6 Å². The molecule has 0 radical (unpaired) electrons. The molecule has 1 amide bonds. The number of hydrogen-bond acceptors (Lipinski definition) is 3. The number of nitro groups is 1. The molecule has 0 spiro atoms. The quantitative estimate of drug-likeness (QED) is 0.529. The van der Waals surface area contributed by atoms with E-state index in [0.717, 1.165) is 5.56 Å². The van der Waals surface area contributed by atoms with Crippen molar-refractivity contribution in [3.8, 4) is 0 Å². The zero-order valence-corrected chi connectivity index (χ0v) is 12.1. The number of hydrogen-bond donors (Lipinski definition) is 1. The van der Waals surface area contributed by atoms with Crippen LogP contribution >= 0.6 is 11.6 Å². The van der Waals surface area contributed by atoms with Gasteiger partial charge < -0.3 is 5.32 Å². The van der Waals surface area contributed by atoms with Gasteiger partial charge in [-0.15, -0.1) is 11.6 Å². The summed E-state index contributed by atoms with van der Waals surface area (Å²) in [5.74, 6) is -0.0321. The summed E-state index contributed by atoms with van der Waals surface area (Å²) in [5.41, 5.74) is 2.35. The first-order valence-electron chi connectivity index (χ1n) is 6.23. The average molecular weight is 305 g/mol. The van der Waals surface area contributed by atoms with Crippen molar-refractivity contribution in [1.29, 1.82) is 0 Å². The number of rotatable bonds is 4. The summed E-state index contributed by atoms with van der Waals surface area (Å²) in [6.07, 6.45) is 0. The van der Waals surface area contributed by atoms with Gasteiger partial charge in [0.25, 0.3) is 11.6 Å². The summed E-state index contributed by atoms with van der Waals surface area (Å²) in [7, 11) is 0. The van der Waals surface area contributed by atoms with Crippen LogP contribution in [0.3, 0.4) is 0 Å². The number of aryl methyl sites for hydroxylation is 1. The summed E-state index contributed by atoms with van der Waals surface area (Å²) in [6.45, 7) is 1.66. The molecule has 0 unspecified atom stereocenters. The van der Waals surface area contributed by atoms with E-state index in [0.29, 0.717) is 16.8 Å². The van der Waals surface area contributed by atoms with Crippen LogP contribution in [0.5, 0.6) is 0 Å². The van der Waals surface area contributed by atoms with Crippen molar-refractivity contribution >= 4 is 28.9 Å². The molecule has 0 aromatic heterocycles. The van der Waals surface area contributed by atoms with E-state index < -0.39 is 4.92 Å². The van der Waals surface area contributed by atoms with Gasteiger partial charge in [0, 0.05) is 29.3 Å². The highest BCUT2D eigenvalue weighted by molar-refractivity contribution is 6.17. The van der Waals surface area contributed by atoms with Crippen molar-refractivity contribution in [3.63, 3.8) is 0 Å². The number of halogens is 1. The smallest absolute Gasteiger partial charge is 0.269 e. The Morgan fingerprint density at radius 1 is 1.29 bits per heavy atom. The molecule has 0 aliphatic rings. The van der Waals surface area contributed by atoms with E-state index >= 15 is 0 Å². The predicted molar refractivity (Wildman–Crippen MR) is 81.8 cm³/mol. The third-order valence-electron chi connectivity index (χ3n) is 3.07. The lowest BCUT2D eigenvalue weighted by Gasteiger charge is -2.10. The van der Waals surface area contributed by atoms with Crippen LogP contribution < -0.4 is 5.32 Å². The Morgan fingerprint density at radius 3 is 2.62 bits per heavy atom. The molecule has 2 aromatic carbocycles. The number of carbonyl (C=O) groups excluding carboxylic acids is 1. The van der Waals surface area contributed by atoms with E-state index in [-0.39, 0.29) is 17.5 Å². The molecule has 0 heterocycles. The fourth-order valence-electron chi connectivity index (χ4n) is 1.96. The second kappa shape index (κ2) is 6.37. The number of para-hydroxylation sites is 1. The number of nitro benzene ring substituents is 1. The molecule has 2 aromatic rings. The van der Waals surface area contributed by atoms with E-state index in [1.54, 1.807) is 19.1 Å². The van der Waals surface area contributed by atoms with Gasteiger partial charge in [-0.25, -0.2) is 0 Å². The largest absolute Gasteiger partial charge is 0.322 e. The van der Waals surface area contributed by atoms with Crippen LogP contribution in [0, 0.1) is 17.0 Å². The van der Waals surface area contributed by atoms with Crippen LogP contribution in [-0.2, 0) is 5.88 Å². The predicted octanol–water partition coefficient (Wildman–Crippen LogP) is 3.89. The number of amides is 1. The van der Waals surface area contributed by atoms with Crippen molar-refractivity contribution in [2.45, 2.75) is 12.8 Å². The van der Waals surface area contributed by atoms with Gasteiger partial charge in [0.1, 0.15) is 0 Å². The molecule has 108 valence electrons. The summed E-state index contributed by atoms with van der Waals surface area (Å²) in [6, 6.07) is 11.4. The van der Waals surface area contributed by atoms with E-state index in [1.165, 1.54) is 18.2 Å². The van der Waals surface area contributed by atoms with Gasteiger partial charge >= 0.3 is 0 Å². The van der Waals surface area contributed by atoms with Crippen molar-refractivity contribution < 1.29 is 9.72 Å². The summed E-state index contributed by atoms with van der Waals surface area (Å²) in [5, 5.41) is 13.5. The molecular weight excluding hydrogens is 292 g/mol. The minimum atomic E-state index is -0.489. The Labute approximate surface area is 126 Å². The summed E-state index contributed by atoms with van der Waals surface area (Å²) in [4.78, 5) is 22.5. The standard InChI is InChI=1S/C15H13ClN2O3/c1-10-8-12(18(20)21)6-7-13(10)15(19)17-14-5-3-2-4-11(14)9-16/h2-8H,9H2,1H3,(H,17,19). The Bertz CT molecular complexity index is 701. The molecule has 5 nitrogen and oxygen atoms in total. The fraction of sp³-hybridized carbons (Fsp3) is 0.133. The monoisotopic (exact) mass is 304 g/mol. The highest BCUT2D eigenvalue weighted by Crippen LogP contribution is 2.21. The number of non-ortho nitro benzene ring substituents is 1. The number of anilines is 1. The second-order valence-corrected chi connectivity index (χ2v) is 4.77. The molecule has 0 aliphatic carbocycles. The van der Waals surface area contributed by atoms with Crippen molar-refractivity contribution in [1.82, 2.24) is 0 Å². The maximum atomic E-state index is 12.3. The highest BCUT2D eigenvalue weighted by Gasteiger charge is 2.14. The van der Waals surface area contributed by atoms with Crippen LogP contribution in [0.25, 0.3) is 0 Å². The van der Waals surface area contributed by atoms with E-state index in [1.807, 2.05) is 12.1 Å². The summed E-state index contributed by atoms with van der Waals surface area (Å²) >= 11 is 5.82. The number of nitrogens with zero attached hydrogens (tertiary/aromatic N) is 1. The molecule has 0 aliphatic heterocycles. The average Bonchev–Trinajstić information content (AvgIpc) is 2.47. The first kappa shape index (κ1) is 15.0. The molecule has 1 N–H and O–H groups in total. The van der Waals surface area contributed by atoms with Gasteiger partial charge in [-0.1, -0.05) is 18.2 Å². The number of benzene rings is 2.